The molecule has 0 bridgehead atoms. The first-order chi connectivity index (χ1) is 13.1. The van der Waals surface area contributed by atoms with Crippen molar-refractivity contribution in [3.05, 3.63) is 35.4 Å². The first-order valence-corrected chi connectivity index (χ1v) is 9.69. The van der Waals surface area contributed by atoms with E-state index in [-0.39, 0.29) is 36.4 Å². The summed E-state index contributed by atoms with van der Waals surface area (Å²) in [7, 11) is 0. The molecule has 0 saturated carbocycles. The Hall–Kier alpha value is -2.41. The lowest BCUT2D eigenvalue weighted by molar-refractivity contribution is -0.154. The summed E-state index contributed by atoms with van der Waals surface area (Å²) in [6, 6.07) is 6.94. The van der Waals surface area contributed by atoms with Crippen LogP contribution in [0, 0.1) is 0 Å². The number of hydrogen-bond donors (Lipinski definition) is 1. The van der Waals surface area contributed by atoms with E-state index in [1.54, 1.807) is 21.9 Å². The lowest BCUT2D eigenvalue weighted by atomic mass is 10.1. The Bertz CT molecular complexity index is 727. The molecule has 0 radical (unpaired) electrons. The SMILES string of the molecule is O=C(NC[C@H]1CCCO1)c1ccc(CN2CC(=O)N3CCC[C@@H]3C2=O)cc1. The molecule has 0 aromatic heterocycles. The lowest BCUT2D eigenvalue weighted by Gasteiger charge is -2.36. The zero-order valence-corrected chi connectivity index (χ0v) is 15.4. The van der Waals surface area contributed by atoms with Gasteiger partial charge in [0.2, 0.25) is 11.8 Å². The molecule has 0 unspecified atom stereocenters. The zero-order valence-electron chi connectivity index (χ0n) is 15.4. The van der Waals surface area contributed by atoms with Crippen molar-refractivity contribution in [3.63, 3.8) is 0 Å². The summed E-state index contributed by atoms with van der Waals surface area (Å²) in [5.41, 5.74) is 1.50. The highest BCUT2D eigenvalue weighted by Gasteiger charge is 2.41. The molecule has 1 N–H and O–H groups in total. The minimum atomic E-state index is -0.283. The number of nitrogens with one attached hydrogen (secondary N) is 1. The fraction of sp³-hybridized carbons (Fsp3) is 0.550. The number of piperazine rings is 1. The molecule has 2 atom stereocenters. The number of carbonyl (C=O) groups excluding carboxylic acids is 3. The van der Waals surface area contributed by atoms with Gasteiger partial charge in [-0.3, -0.25) is 14.4 Å². The van der Waals surface area contributed by atoms with E-state index in [9.17, 15) is 14.4 Å². The smallest absolute Gasteiger partial charge is 0.251 e. The molecule has 1 aromatic rings. The van der Waals surface area contributed by atoms with E-state index in [2.05, 4.69) is 5.32 Å². The second-order valence-corrected chi connectivity index (χ2v) is 7.48. The Morgan fingerprint density at radius 2 is 1.96 bits per heavy atom. The molecule has 7 nitrogen and oxygen atoms in total. The average molecular weight is 371 g/mol. The second-order valence-electron chi connectivity index (χ2n) is 7.48. The van der Waals surface area contributed by atoms with E-state index in [1.165, 1.54) is 0 Å². The molecule has 144 valence electrons. The van der Waals surface area contributed by atoms with E-state index < -0.39 is 0 Å². The summed E-state index contributed by atoms with van der Waals surface area (Å²) in [6.07, 6.45) is 3.80. The number of hydrogen-bond acceptors (Lipinski definition) is 4. The van der Waals surface area contributed by atoms with Crippen LogP contribution in [0.15, 0.2) is 24.3 Å². The molecule has 4 rings (SSSR count). The van der Waals surface area contributed by atoms with Crippen molar-refractivity contribution in [2.45, 2.75) is 44.4 Å². The molecule has 3 amide bonds. The number of benzene rings is 1. The van der Waals surface area contributed by atoms with Gasteiger partial charge < -0.3 is 19.9 Å². The molecule has 3 heterocycles. The highest BCUT2D eigenvalue weighted by atomic mass is 16.5. The fourth-order valence-electron chi connectivity index (χ4n) is 4.09. The number of carbonyl (C=O) groups is 3. The monoisotopic (exact) mass is 371 g/mol. The van der Waals surface area contributed by atoms with Gasteiger partial charge in [0, 0.05) is 31.8 Å². The van der Waals surface area contributed by atoms with Gasteiger partial charge in [0.15, 0.2) is 0 Å². The predicted molar refractivity (Wildman–Crippen MR) is 97.9 cm³/mol. The number of amides is 3. The van der Waals surface area contributed by atoms with E-state index in [4.69, 9.17) is 4.74 Å². The Labute approximate surface area is 158 Å². The van der Waals surface area contributed by atoms with Crippen molar-refractivity contribution in [3.8, 4) is 0 Å². The van der Waals surface area contributed by atoms with Crippen LogP contribution in [-0.4, -0.2) is 65.9 Å². The summed E-state index contributed by atoms with van der Waals surface area (Å²) in [6.45, 7) is 2.53. The third kappa shape index (κ3) is 3.83. The van der Waals surface area contributed by atoms with Crippen molar-refractivity contribution in [1.82, 2.24) is 15.1 Å². The fourth-order valence-corrected chi connectivity index (χ4v) is 4.09. The van der Waals surface area contributed by atoms with Gasteiger partial charge in [-0.25, -0.2) is 0 Å². The third-order valence-electron chi connectivity index (χ3n) is 5.60. The number of ether oxygens (including phenoxy) is 1. The molecule has 3 aliphatic rings. The van der Waals surface area contributed by atoms with Crippen molar-refractivity contribution in [2.75, 3.05) is 26.2 Å². The first-order valence-electron chi connectivity index (χ1n) is 9.69. The normalized spacial score (nSPS) is 25.0. The van der Waals surface area contributed by atoms with Crippen LogP contribution < -0.4 is 5.32 Å². The Morgan fingerprint density at radius 3 is 2.70 bits per heavy atom. The van der Waals surface area contributed by atoms with Crippen molar-refractivity contribution in [1.29, 1.82) is 0 Å². The van der Waals surface area contributed by atoms with Crippen LogP contribution in [0.1, 0.15) is 41.6 Å². The summed E-state index contributed by atoms with van der Waals surface area (Å²) in [5.74, 6) is -0.0596. The maximum atomic E-state index is 12.6. The molecular formula is C20H25N3O4. The maximum absolute atomic E-state index is 12.6. The molecule has 3 fully saturated rings. The van der Waals surface area contributed by atoms with Crippen molar-refractivity contribution < 1.29 is 19.1 Å². The largest absolute Gasteiger partial charge is 0.376 e. The van der Waals surface area contributed by atoms with E-state index in [0.717, 1.165) is 37.9 Å². The van der Waals surface area contributed by atoms with Crippen LogP contribution in [0.25, 0.3) is 0 Å². The standard InChI is InChI=1S/C20H25N3O4/c24-18-13-22(20(26)17-4-1-9-23(17)18)12-14-5-7-15(8-6-14)19(25)21-11-16-3-2-10-27-16/h5-8,16-17H,1-4,9-13H2,(H,21,25)/t16-,17-/m1/s1. The molecule has 1 aromatic carbocycles. The summed E-state index contributed by atoms with van der Waals surface area (Å²) >= 11 is 0. The van der Waals surface area contributed by atoms with Crippen LogP contribution in [0.5, 0.6) is 0 Å². The minimum absolute atomic E-state index is 0.0298. The van der Waals surface area contributed by atoms with Gasteiger partial charge in [0.25, 0.3) is 5.91 Å². The van der Waals surface area contributed by atoms with Crippen molar-refractivity contribution >= 4 is 17.7 Å². The first kappa shape index (κ1) is 18.0. The molecule has 3 saturated heterocycles. The highest BCUT2D eigenvalue weighted by Crippen LogP contribution is 2.24. The van der Waals surface area contributed by atoms with Crippen LogP contribution in [0.2, 0.25) is 0 Å². The van der Waals surface area contributed by atoms with Gasteiger partial charge in [-0.1, -0.05) is 12.1 Å². The van der Waals surface area contributed by atoms with Gasteiger partial charge in [0.1, 0.15) is 12.6 Å². The van der Waals surface area contributed by atoms with E-state index in [1.807, 2.05) is 12.1 Å². The Kier molecular flexibility index (Phi) is 5.11. The Morgan fingerprint density at radius 1 is 1.15 bits per heavy atom. The minimum Gasteiger partial charge on any atom is -0.376 e. The summed E-state index contributed by atoms with van der Waals surface area (Å²) in [5, 5.41) is 2.90. The number of nitrogens with zero attached hydrogens (tertiary/aromatic N) is 2. The van der Waals surface area contributed by atoms with Crippen LogP contribution >= 0.6 is 0 Å². The third-order valence-corrected chi connectivity index (χ3v) is 5.60. The molecule has 7 heteroatoms. The number of rotatable bonds is 5. The number of fused-ring (bicyclic) bond motifs is 1. The molecule has 27 heavy (non-hydrogen) atoms. The maximum Gasteiger partial charge on any atom is 0.251 e. The van der Waals surface area contributed by atoms with Gasteiger partial charge in [0.05, 0.1) is 6.10 Å². The highest BCUT2D eigenvalue weighted by molar-refractivity contribution is 5.95. The zero-order chi connectivity index (χ0) is 18.8. The summed E-state index contributed by atoms with van der Waals surface area (Å²) in [4.78, 5) is 40.4. The van der Waals surface area contributed by atoms with Gasteiger partial charge >= 0.3 is 0 Å². The van der Waals surface area contributed by atoms with E-state index >= 15 is 0 Å². The van der Waals surface area contributed by atoms with Gasteiger partial charge in [-0.2, -0.15) is 0 Å². The average Bonchev–Trinajstić information content (AvgIpc) is 3.36. The van der Waals surface area contributed by atoms with Crippen LogP contribution in [0.4, 0.5) is 0 Å². The van der Waals surface area contributed by atoms with Gasteiger partial charge in [-0.15, -0.1) is 0 Å². The summed E-state index contributed by atoms with van der Waals surface area (Å²) < 4.78 is 5.51. The van der Waals surface area contributed by atoms with Crippen molar-refractivity contribution in [2.24, 2.45) is 0 Å². The molecular weight excluding hydrogens is 346 g/mol. The quantitative estimate of drug-likeness (QED) is 0.835. The van der Waals surface area contributed by atoms with Crippen LogP contribution in [0.3, 0.4) is 0 Å². The topological polar surface area (TPSA) is 79.0 Å². The molecule has 0 spiro atoms. The van der Waals surface area contributed by atoms with Crippen LogP contribution in [-0.2, 0) is 20.9 Å². The molecule has 3 aliphatic heterocycles. The van der Waals surface area contributed by atoms with Gasteiger partial charge in [-0.05, 0) is 43.4 Å². The predicted octanol–water partition coefficient (Wildman–Crippen LogP) is 0.929. The molecule has 0 aliphatic carbocycles. The lowest BCUT2D eigenvalue weighted by Crippen LogP contribution is -2.56. The Balaban J connectivity index is 1.34. The van der Waals surface area contributed by atoms with E-state index in [0.29, 0.717) is 25.2 Å². The second kappa shape index (κ2) is 7.68.